The number of hydrogen-bond acceptors (Lipinski definition) is 3. The average molecular weight is 195 g/mol. The lowest BCUT2D eigenvalue weighted by molar-refractivity contribution is 0.0279. The molecule has 4 aliphatic heterocycles. The van der Waals surface area contributed by atoms with E-state index in [1.54, 1.807) is 0 Å². The molecule has 80 valence electrons. The molecule has 4 saturated heterocycles. The van der Waals surface area contributed by atoms with Crippen LogP contribution in [0, 0.1) is 11.8 Å². The van der Waals surface area contributed by atoms with Gasteiger partial charge >= 0.3 is 0 Å². The summed E-state index contributed by atoms with van der Waals surface area (Å²) in [6.07, 6.45) is 2.89. The molecule has 2 bridgehead atoms. The van der Waals surface area contributed by atoms with Crippen molar-refractivity contribution in [3.8, 4) is 0 Å². The zero-order valence-corrected chi connectivity index (χ0v) is 8.84. The first kappa shape index (κ1) is 9.13. The smallest absolute Gasteiger partial charge is 0.0236 e. The number of piperidine rings is 3. The van der Waals surface area contributed by atoms with Crippen molar-refractivity contribution in [3.05, 3.63) is 0 Å². The van der Waals surface area contributed by atoms with Crippen LogP contribution in [0.3, 0.4) is 0 Å². The maximum atomic E-state index is 3.68. The Labute approximate surface area is 86.2 Å². The van der Waals surface area contributed by atoms with Gasteiger partial charge in [0.1, 0.15) is 0 Å². The summed E-state index contributed by atoms with van der Waals surface area (Å²) in [5, 5.41) is 7.20. The third kappa shape index (κ3) is 1.58. The van der Waals surface area contributed by atoms with Crippen molar-refractivity contribution in [1.29, 1.82) is 0 Å². The Morgan fingerprint density at radius 2 is 1.93 bits per heavy atom. The summed E-state index contributed by atoms with van der Waals surface area (Å²) in [6, 6.07) is 0.747. The van der Waals surface area contributed by atoms with Crippen LogP contribution in [0.25, 0.3) is 0 Å². The fourth-order valence-electron chi connectivity index (χ4n) is 3.45. The predicted molar refractivity (Wildman–Crippen MR) is 57.3 cm³/mol. The molecule has 3 heteroatoms. The van der Waals surface area contributed by atoms with Crippen LogP contribution in [0.4, 0.5) is 0 Å². The summed E-state index contributed by atoms with van der Waals surface area (Å²) in [5.74, 6) is 1.93. The lowest BCUT2D eigenvalue weighted by Gasteiger charge is -2.48. The summed E-state index contributed by atoms with van der Waals surface area (Å²) in [6.45, 7) is 7.58. The molecule has 0 aliphatic carbocycles. The summed E-state index contributed by atoms with van der Waals surface area (Å²) < 4.78 is 0. The van der Waals surface area contributed by atoms with Gasteiger partial charge < -0.3 is 15.5 Å². The van der Waals surface area contributed by atoms with Crippen LogP contribution in [0.5, 0.6) is 0 Å². The molecule has 0 aromatic rings. The Morgan fingerprint density at radius 3 is 2.50 bits per heavy atom. The Balaban J connectivity index is 1.66. The van der Waals surface area contributed by atoms with E-state index >= 15 is 0 Å². The highest BCUT2D eigenvalue weighted by Crippen LogP contribution is 2.34. The van der Waals surface area contributed by atoms with E-state index in [1.165, 1.54) is 39.0 Å². The van der Waals surface area contributed by atoms with E-state index in [1.807, 2.05) is 0 Å². The molecule has 4 fully saturated rings. The van der Waals surface area contributed by atoms with Crippen LogP contribution < -0.4 is 10.6 Å². The standard InChI is InChI=1S/C11H21N3/c1-5-14-6-2-9(1)10(8-14)11-7-12-3-4-13-11/h9-13H,1-8H2. The monoisotopic (exact) mass is 195 g/mol. The van der Waals surface area contributed by atoms with Gasteiger partial charge in [0.05, 0.1) is 0 Å². The molecule has 14 heavy (non-hydrogen) atoms. The summed E-state index contributed by atoms with van der Waals surface area (Å²) in [7, 11) is 0. The SMILES string of the molecule is C1CNC(C2CN3CCC2CC3)CN1. The molecule has 2 N–H and O–H groups in total. The molecule has 0 aromatic heterocycles. The first-order valence-electron chi connectivity index (χ1n) is 6.10. The Bertz CT molecular complexity index is 193. The maximum absolute atomic E-state index is 3.68. The van der Waals surface area contributed by atoms with Crippen molar-refractivity contribution < 1.29 is 0 Å². The molecule has 2 unspecified atom stereocenters. The van der Waals surface area contributed by atoms with Gasteiger partial charge in [0.25, 0.3) is 0 Å². The molecule has 0 radical (unpaired) electrons. The van der Waals surface area contributed by atoms with Crippen molar-refractivity contribution in [1.82, 2.24) is 15.5 Å². The molecule has 0 saturated carbocycles. The van der Waals surface area contributed by atoms with E-state index in [9.17, 15) is 0 Å². The van der Waals surface area contributed by atoms with Gasteiger partial charge in [0.15, 0.2) is 0 Å². The molecular formula is C11H21N3. The van der Waals surface area contributed by atoms with Crippen molar-refractivity contribution >= 4 is 0 Å². The number of piperazine rings is 1. The van der Waals surface area contributed by atoms with E-state index < -0.39 is 0 Å². The van der Waals surface area contributed by atoms with Crippen molar-refractivity contribution in [3.63, 3.8) is 0 Å². The molecule has 0 amide bonds. The Hall–Kier alpha value is -0.120. The minimum absolute atomic E-state index is 0.747. The minimum atomic E-state index is 0.747. The van der Waals surface area contributed by atoms with Crippen LogP contribution in [-0.2, 0) is 0 Å². The van der Waals surface area contributed by atoms with E-state index in [0.29, 0.717) is 0 Å². The first-order valence-corrected chi connectivity index (χ1v) is 6.10. The van der Waals surface area contributed by atoms with Gasteiger partial charge in [0, 0.05) is 32.2 Å². The minimum Gasteiger partial charge on any atom is -0.314 e. The highest BCUT2D eigenvalue weighted by molar-refractivity contribution is 4.94. The first-order chi connectivity index (χ1) is 6.93. The second-order valence-electron chi connectivity index (χ2n) is 5.07. The summed E-state index contributed by atoms with van der Waals surface area (Å²) >= 11 is 0. The zero-order chi connectivity index (χ0) is 9.38. The lowest BCUT2D eigenvalue weighted by Crippen LogP contribution is -2.60. The Kier molecular flexibility index (Phi) is 2.48. The van der Waals surface area contributed by atoms with Crippen LogP contribution in [0.2, 0.25) is 0 Å². The van der Waals surface area contributed by atoms with Crippen molar-refractivity contribution in [2.24, 2.45) is 11.8 Å². The second-order valence-corrected chi connectivity index (χ2v) is 5.07. The van der Waals surface area contributed by atoms with Crippen molar-refractivity contribution in [2.45, 2.75) is 18.9 Å². The molecule has 4 aliphatic rings. The fourth-order valence-corrected chi connectivity index (χ4v) is 3.45. The van der Waals surface area contributed by atoms with Crippen LogP contribution in [0.1, 0.15) is 12.8 Å². The van der Waals surface area contributed by atoms with Gasteiger partial charge in [-0.1, -0.05) is 0 Å². The third-order valence-electron chi connectivity index (χ3n) is 4.30. The topological polar surface area (TPSA) is 27.3 Å². The van der Waals surface area contributed by atoms with Crippen molar-refractivity contribution in [2.75, 3.05) is 39.3 Å². The second kappa shape index (κ2) is 3.80. The van der Waals surface area contributed by atoms with E-state index in [-0.39, 0.29) is 0 Å². The molecule has 0 aromatic carbocycles. The zero-order valence-electron chi connectivity index (χ0n) is 8.84. The van der Waals surface area contributed by atoms with Gasteiger partial charge in [-0.3, -0.25) is 0 Å². The quantitative estimate of drug-likeness (QED) is 0.611. The van der Waals surface area contributed by atoms with Gasteiger partial charge in [0.2, 0.25) is 0 Å². The summed E-state index contributed by atoms with van der Waals surface area (Å²) in [4.78, 5) is 2.65. The largest absolute Gasteiger partial charge is 0.314 e. The molecule has 3 nitrogen and oxygen atoms in total. The number of hydrogen-bond donors (Lipinski definition) is 2. The lowest BCUT2D eigenvalue weighted by atomic mass is 9.75. The Morgan fingerprint density at radius 1 is 1.07 bits per heavy atom. The molecular weight excluding hydrogens is 174 g/mol. The number of nitrogens with one attached hydrogen (secondary N) is 2. The number of rotatable bonds is 1. The third-order valence-corrected chi connectivity index (χ3v) is 4.30. The highest BCUT2D eigenvalue weighted by atomic mass is 15.2. The van der Waals surface area contributed by atoms with E-state index in [0.717, 1.165) is 31.0 Å². The molecule has 2 atom stereocenters. The van der Waals surface area contributed by atoms with Crippen LogP contribution >= 0.6 is 0 Å². The van der Waals surface area contributed by atoms with Crippen LogP contribution in [-0.4, -0.2) is 50.2 Å². The molecule has 0 spiro atoms. The van der Waals surface area contributed by atoms with Gasteiger partial charge in [-0.05, 0) is 37.8 Å². The number of fused-ring (bicyclic) bond motifs is 3. The maximum Gasteiger partial charge on any atom is 0.0236 e. The normalized spacial score (nSPS) is 48.0. The van der Waals surface area contributed by atoms with E-state index in [4.69, 9.17) is 0 Å². The number of nitrogens with zero attached hydrogens (tertiary/aromatic N) is 1. The van der Waals surface area contributed by atoms with Gasteiger partial charge in [-0.2, -0.15) is 0 Å². The van der Waals surface area contributed by atoms with E-state index in [2.05, 4.69) is 15.5 Å². The highest BCUT2D eigenvalue weighted by Gasteiger charge is 2.38. The average Bonchev–Trinajstić information content (AvgIpc) is 2.32. The van der Waals surface area contributed by atoms with Crippen LogP contribution in [0.15, 0.2) is 0 Å². The summed E-state index contributed by atoms with van der Waals surface area (Å²) in [5.41, 5.74) is 0. The molecule has 4 rings (SSSR count). The van der Waals surface area contributed by atoms with Gasteiger partial charge in [-0.15, -0.1) is 0 Å². The fraction of sp³-hybridized carbons (Fsp3) is 1.00. The predicted octanol–water partition coefficient (Wildman–Crippen LogP) is -0.110. The molecule has 4 heterocycles. The van der Waals surface area contributed by atoms with Gasteiger partial charge in [-0.25, -0.2) is 0 Å².